The van der Waals surface area contributed by atoms with Gasteiger partial charge < -0.3 is 14.6 Å². The maximum atomic E-state index is 9.68. The van der Waals surface area contributed by atoms with Crippen LogP contribution in [0.15, 0.2) is 30.5 Å². The standard InChI is InChI=1S/C16H21ClN2O/c17-14-3-4-16-13(12-14)5-9-19(16)11-10-18-7-1-2-15(20)6-8-18/h3-5,9,12,15,20H,1-2,6-8,10-11H2. The summed E-state index contributed by atoms with van der Waals surface area (Å²) < 4.78 is 2.28. The summed E-state index contributed by atoms with van der Waals surface area (Å²) >= 11 is 6.02. The smallest absolute Gasteiger partial charge is 0.0553 e. The second-order valence-corrected chi connectivity index (χ2v) is 6.08. The molecule has 0 spiro atoms. The van der Waals surface area contributed by atoms with Gasteiger partial charge >= 0.3 is 0 Å². The van der Waals surface area contributed by atoms with Crippen molar-refractivity contribution in [1.29, 1.82) is 0 Å². The van der Waals surface area contributed by atoms with E-state index >= 15 is 0 Å². The molecule has 3 rings (SSSR count). The normalized spacial score (nSPS) is 21.2. The summed E-state index contributed by atoms with van der Waals surface area (Å²) in [6, 6.07) is 8.16. The van der Waals surface area contributed by atoms with Gasteiger partial charge in [0.05, 0.1) is 6.10 Å². The van der Waals surface area contributed by atoms with E-state index in [2.05, 4.69) is 27.8 Å². The van der Waals surface area contributed by atoms with Gasteiger partial charge in [-0.15, -0.1) is 0 Å². The zero-order chi connectivity index (χ0) is 13.9. The number of fused-ring (bicyclic) bond motifs is 1. The fourth-order valence-electron chi connectivity index (χ4n) is 2.98. The molecule has 0 radical (unpaired) electrons. The van der Waals surface area contributed by atoms with E-state index in [9.17, 15) is 5.11 Å². The molecule has 1 atom stereocenters. The Kier molecular flexibility index (Phi) is 4.29. The molecule has 1 aliphatic rings. The summed E-state index contributed by atoms with van der Waals surface area (Å²) in [6.07, 6.45) is 4.98. The van der Waals surface area contributed by atoms with Crippen molar-refractivity contribution in [3.8, 4) is 0 Å². The van der Waals surface area contributed by atoms with Gasteiger partial charge in [0, 0.05) is 41.8 Å². The van der Waals surface area contributed by atoms with Crippen LogP contribution in [0.25, 0.3) is 10.9 Å². The van der Waals surface area contributed by atoms with Crippen molar-refractivity contribution in [2.75, 3.05) is 19.6 Å². The van der Waals surface area contributed by atoms with Gasteiger partial charge in [-0.25, -0.2) is 0 Å². The van der Waals surface area contributed by atoms with E-state index in [-0.39, 0.29) is 6.10 Å². The monoisotopic (exact) mass is 292 g/mol. The fourth-order valence-corrected chi connectivity index (χ4v) is 3.16. The van der Waals surface area contributed by atoms with Crippen molar-refractivity contribution in [3.05, 3.63) is 35.5 Å². The summed E-state index contributed by atoms with van der Waals surface area (Å²) in [5.41, 5.74) is 1.24. The van der Waals surface area contributed by atoms with Gasteiger partial charge in [0.25, 0.3) is 0 Å². The van der Waals surface area contributed by atoms with Gasteiger partial charge in [0.15, 0.2) is 0 Å². The highest BCUT2D eigenvalue weighted by molar-refractivity contribution is 6.31. The molecule has 4 heteroatoms. The first kappa shape index (κ1) is 13.9. The molecule has 1 aromatic heterocycles. The fraction of sp³-hybridized carbons (Fsp3) is 0.500. The van der Waals surface area contributed by atoms with Gasteiger partial charge in [-0.05, 0) is 50.1 Å². The first-order valence-electron chi connectivity index (χ1n) is 7.37. The highest BCUT2D eigenvalue weighted by Crippen LogP contribution is 2.20. The molecule has 1 N–H and O–H groups in total. The Balaban J connectivity index is 1.65. The molecule has 2 aromatic rings. The highest BCUT2D eigenvalue weighted by atomic mass is 35.5. The number of benzene rings is 1. The molecule has 20 heavy (non-hydrogen) atoms. The Morgan fingerprint density at radius 2 is 2.05 bits per heavy atom. The van der Waals surface area contributed by atoms with Crippen LogP contribution in [0.2, 0.25) is 5.02 Å². The topological polar surface area (TPSA) is 28.4 Å². The summed E-state index contributed by atoms with van der Waals surface area (Å²) in [4.78, 5) is 2.46. The van der Waals surface area contributed by atoms with Crippen LogP contribution in [-0.4, -0.2) is 40.3 Å². The summed E-state index contributed by atoms with van der Waals surface area (Å²) in [5, 5.41) is 11.7. The Morgan fingerprint density at radius 1 is 1.15 bits per heavy atom. The molecule has 0 amide bonds. The third-order valence-corrected chi connectivity index (χ3v) is 4.42. The van der Waals surface area contributed by atoms with Gasteiger partial charge in [-0.1, -0.05) is 11.6 Å². The van der Waals surface area contributed by atoms with Gasteiger partial charge in [-0.3, -0.25) is 0 Å². The Bertz CT molecular complexity index is 581. The van der Waals surface area contributed by atoms with Crippen molar-refractivity contribution in [3.63, 3.8) is 0 Å². The summed E-state index contributed by atoms with van der Waals surface area (Å²) in [7, 11) is 0. The highest BCUT2D eigenvalue weighted by Gasteiger charge is 2.14. The Morgan fingerprint density at radius 3 is 2.95 bits per heavy atom. The van der Waals surface area contributed by atoms with E-state index in [0.29, 0.717) is 0 Å². The second-order valence-electron chi connectivity index (χ2n) is 5.64. The molecular formula is C16H21ClN2O. The molecule has 108 valence electrons. The molecule has 0 aliphatic carbocycles. The second kappa shape index (κ2) is 6.17. The third-order valence-electron chi connectivity index (χ3n) is 4.18. The number of aromatic nitrogens is 1. The van der Waals surface area contributed by atoms with Crippen LogP contribution < -0.4 is 0 Å². The lowest BCUT2D eigenvalue weighted by atomic mass is 10.2. The minimum atomic E-state index is -0.102. The number of likely N-dealkylation sites (tertiary alicyclic amines) is 1. The maximum Gasteiger partial charge on any atom is 0.0553 e. The SMILES string of the molecule is OC1CCCN(CCn2ccc3cc(Cl)ccc32)CC1. The Hall–Kier alpha value is -1.03. The molecule has 1 saturated heterocycles. The minimum absolute atomic E-state index is 0.102. The van der Waals surface area contributed by atoms with E-state index in [0.717, 1.165) is 50.5 Å². The molecule has 0 saturated carbocycles. The zero-order valence-corrected chi connectivity index (χ0v) is 12.4. The first-order chi connectivity index (χ1) is 9.72. The predicted molar refractivity (Wildman–Crippen MR) is 83.2 cm³/mol. The largest absolute Gasteiger partial charge is 0.393 e. The van der Waals surface area contributed by atoms with Crippen LogP contribution in [0.3, 0.4) is 0 Å². The number of rotatable bonds is 3. The summed E-state index contributed by atoms with van der Waals surface area (Å²) in [6.45, 7) is 4.13. The number of aliphatic hydroxyl groups excluding tert-OH is 1. The van der Waals surface area contributed by atoms with Gasteiger partial charge in [0.1, 0.15) is 0 Å². The van der Waals surface area contributed by atoms with Crippen LogP contribution in [-0.2, 0) is 6.54 Å². The van der Waals surface area contributed by atoms with E-state index in [4.69, 9.17) is 11.6 Å². The molecular weight excluding hydrogens is 272 g/mol. The average Bonchev–Trinajstić information content (AvgIpc) is 2.71. The molecule has 2 heterocycles. The maximum absolute atomic E-state index is 9.68. The van der Waals surface area contributed by atoms with E-state index in [1.54, 1.807) is 0 Å². The third kappa shape index (κ3) is 3.17. The van der Waals surface area contributed by atoms with E-state index in [1.165, 1.54) is 10.9 Å². The lowest BCUT2D eigenvalue weighted by Crippen LogP contribution is -2.28. The van der Waals surface area contributed by atoms with Crippen LogP contribution in [0.4, 0.5) is 0 Å². The number of aliphatic hydroxyl groups is 1. The molecule has 1 aromatic carbocycles. The van der Waals surface area contributed by atoms with E-state index < -0.39 is 0 Å². The molecule has 1 aliphatic heterocycles. The minimum Gasteiger partial charge on any atom is -0.393 e. The van der Waals surface area contributed by atoms with Crippen LogP contribution in [0.1, 0.15) is 19.3 Å². The molecule has 3 nitrogen and oxygen atoms in total. The Labute approximate surface area is 124 Å². The van der Waals surface area contributed by atoms with Crippen molar-refractivity contribution >= 4 is 22.5 Å². The van der Waals surface area contributed by atoms with Crippen LogP contribution >= 0.6 is 11.6 Å². The van der Waals surface area contributed by atoms with Gasteiger partial charge in [0.2, 0.25) is 0 Å². The number of hydrogen-bond donors (Lipinski definition) is 1. The summed E-state index contributed by atoms with van der Waals surface area (Å²) in [5.74, 6) is 0. The van der Waals surface area contributed by atoms with Crippen molar-refractivity contribution < 1.29 is 5.11 Å². The lowest BCUT2D eigenvalue weighted by Gasteiger charge is -2.20. The molecule has 0 bridgehead atoms. The quantitative estimate of drug-likeness (QED) is 0.941. The van der Waals surface area contributed by atoms with Gasteiger partial charge in [-0.2, -0.15) is 0 Å². The number of nitrogens with zero attached hydrogens (tertiary/aromatic N) is 2. The average molecular weight is 293 g/mol. The molecule has 1 unspecified atom stereocenters. The first-order valence-corrected chi connectivity index (χ1v) is 7.75. The van der Waals surface area contributed by atoms with Crippen molar-refractivity contribution in [2.45, 2.75) is 31.9 Å². The van der Waals surface area contributed by atoms with Crippen LogP contribution in [0, 0.1) is 0 Å². The van der Waals surface area contributed by atoms with Crippen molar-refractivity contribution in [2.24, 2.45) is 0 Å². The lowest BCUT2D eigenvalue weighted by molar-refractivity contribution is 0.155. The van der Waals surface area contributed by atoms with E-state index in [1.807, 2.05) is 12.1 Å². The zero-order valence-electron chi connectivity index (χ0n) is 11.6. The molecule has 1 fully saturated rings. The predicted octanol–water partition coefficient (Wildman–Crippen LogP) is 3.14. The number of hydrogen-bond acceptors (Lipinski definition) is 2. The van der Waals surface area contributed by atoms with Crippen molar-refractivity contribution in [1.82, 2.24) is 9.47 Å². The van der Waals surface area contributed by atoms with Crippen LogP contribution in [0.5, 0.6) is 0 Å². The number of halogens is 1.